The number of hydrogen-bond donors (Lipinski definition) is 3. The van der Waals surface area contributed by atoms with Gasteiger partial charge in [0.15, 0.2) is 5.82 Å². The van der Waals surface area contributed by atoms with Gasteiger partial charge in [0.25, 0.3) is 5.91 Å². The summed E-state index contributed by atoms with van der Waals surface area (Å²) in [6.45, 7) is 8.61. The molecule has 0 unspecified atom stereocenters. The second-order valence-corrected chi connectivity index (χ2v) is 6.96. The lowest BCUT2D eigenvalue weighted by atomic mass is 10.0. The van der Waals surface area contributed by atoms with Crippen LogP contribution < -0.4 is 16.6 Å². The Bertz CT molecular complexity index is 513. The number of nitrogens with two attached hydrogens (primary N) is 1. The first-order chi connectivity index (χ1) is 8.71. The molecule has 0 atom stereocenters. The Morgan fingerprint density at radius 2 is 1.95 bits per heavy atom. The predicted octanol–water partition coefficient (Wildman–Crippen LogP) is 2.29. The van der Waals surface area contributed by atoms with E-state index in [1.165, 1.54) is 0 Å². The number of carbonyl (C=O) groups excluding carboxylic acids is 1. The summed E-state index contributed by atoms with van der Waals surface area (Å²) in [5, 5.41) is 3.06. The number of hydrogen-bond acceptors (Lipinski definition) is 4. The van der Waals surface area contributed by atoms with Gasteiger partial charge in [0.2, 0.25) is 0 Å². The SMILES string of the molecule is CC1(C)C(NC(=O)c2cc(Br)cnc2NN)C1(C)C. The van der Waals surface area contributed by atoms with Crippen molar-refractivity contribution in [3.63, 3.8) is 0 Å². The first-order valence-electron chi connectivity index (χ1n) is 6.15. The number of nitrogens with zero attached hydrogens (tertiary/aromatic N) is 1. The van der Waals surface area contributed by atoms with Crippen LogP contribution in [-0.2, 0) is 0 Å². The third-order valence-electron chi connectivity index (χ3n) is 4.53. The van der Waals surface area contributed by atoms with Crippen LogP contribution in [0.4, 0.5) is 5.82 Å². The molecule has 1 amide bonds. The number of aromatic nitrogens is 1. The fraction of sp³-hybridized carbons (Fsp3) is 0.538. The van der Waals surface area contributed by atoms with E-state index >= 15 is 0 Å². The van der Waals surface area contributed by atoms with Crippen LogP contribution in [0.3, 0.4) is 0 Å². The normalized spacial score (nSPS) is 19.9. The molecule has 0 saturated heterocycles. The highest BCUT2D eigenvalue weighted by Gasteiger charge is 2.65. The van der Waals surface area contributed by atoms with Gasteiger partial charge in [-0.25, -0.2) is 10.8 Å². The highest BCUT2D eigenvalue weighted by atomic mass is 79.9. The molecule has 1 aromatic rings. The molecule has 0 radical (unpaired) electrons. The van der Waals surface area contributed by atoms with Gasteiger partial charge < -0.3 is 10.7 Å². The lowest BCUT2D eigenvalue weighted by Gasteiger charge is -2.10. The second kappa shape index (κ2) is 4.45. The van der Waals surface area contributed by atoms with Crippen molar-refractivity contribution in [1.29, 1.82) is 0 Å². The maximum Gasteiger partial charge on any atom is 0.255 e. The number of halogens is 1. The topological polar surface area (TPSA) is 80.0 Å². The highest BCUT2D eigenvalue weighted by Crippen LogP contribution is 2.62. The van der Waals surface area contributed by atoms with Gasteiger partial charge in [-0.15, -0.1) is 0 Å². The monoisotopic (exact) mass is 326 g/mol. The van der Waals surface area contributed by atoms with Crippen LogP contribution in [0.25, 0.3) is 0 Å². The molecule has 1 aliphatic rings. The van der Waals surface area contributed by atoms with Gasteiger partial charge in [-0.2, -0.15) is 0 Å². The van der Waals surface area contributed by atoms with Crippen molar-refractivity contribution in [2.45, 2.75) is 33.7 Å². The van der Waals surface area contributed by atoms with Crippen LogP contribution in [0.5, 0.6) is 0 Å². The van der Waals surface area contributed by atoms with E-state index in [4.69, 9.17) is 5.84 Å². The summed E-state index contributed by atoms with van der Waals surface area (Å²) in [7, 11) is 0. The van der Waals surface area contributed by atoms with Crippen molar-refractivity contribution < 1.29 is 4.79 Å². The molecule has 1 saturated carbocycles. The second-order valence-electron chi connectivity index (χ2n) is 6.04. The Kier molecular flexibility index (Phi) is 3.35. The van der Waals surface area contributed by atoms with E-state index in [-0.39, 0.29) is 22.8 Å². The van der Waals surface area contributed by atoms with Crippen LogP contribution in [0.1, 0.15) is 38.1 Å². The van der Waals surface area contributed by atoms with E-state index in [0.717, 1.165) is 4.47 Å². The molecule has 0 aromatic carbocycles. The van der Waals surface area contributed by atoms with Crippen molar-refractivity contribution in [2.24, 2.45) is 16.7 Å². The van der Waals surface area contributed by atoms with Gasteiger partial charge in [0.05, 0.1) is 5.56 Å². The number of nitrogens with one attached hydrogen (secondary N) is 2. The maximum atomic E-state index is 12.3. The molecular weight excluding hydrogens is 308 g/mol. The zero-order chi connectivity index (χ0) is 14.4. The van der Waals surface area contributed by atoms with Gasteiger partial charge in [-0.1, -0.05) is 27.7 Å². The molecule has 0 bridgehead atoms. The standard InChI is InChI=1S/C13H19BrN4O/c1-12(2)11(13(12,3)4)17-10(19)8-5-7(14)6-16-9(8)18-15/h5-6,11H,15H2,1-4H3,(H,16,18)(H,17,19). The third kappa shape index (κ3) is 2.23. The van der Waals surface area contributed by atoms with Crippen molar-refractivity contribution in [3.8, 4) is 0 Å². The number of hydrazine groups is 1. The van der Waals surface area contributed by atoms with Gasteiger partial charge in [0.1, 0.15) is 0 Å². The summed E-state index contributed by atoms with van der Waals surface area (Å²) in [5.41, 5.74) is 3.08. The maximum absolute atomic E-state index is 12.3. The van der Waals surface area contributed by atoms with Crippen LogP contribution in [0.2, 0.25) is 0 Å². The van der Waals surface area contributed by atoms with Crippen LogP contribution in [-0.4, -0.2) is 16.9 Å². The minimum atomic E-state index is -0.162. The number of pyridine rings is 1. The molecule has 19 heavy (non-hydrogen) atoms. The fourth-order valence-corrected chi connectivity index (χ4v) is 2.82. The smallest absolute Gasteiger partial charge is 0.255 e. The van der Waals surface area contributed by atoms with E-state index in [1.54, 1.807) is 12.3 Å². The van der Waals surface area contributed by atoms with E-state index in [9.17, 15) is 4.79 Å². The average Bonchev–Trinajstić information content (AvgIpc) is 2.71. The van der Waals surface area contributed by atoms with Crippen molar-refractivity contribution in [2.75, 3.05) is 5.43 Å². The number of carbonyl (C=O) groups is 1. The van der Waals surface area contributed by atoms with E-state index in [0.29, 0.717) is 11.4 Å². The van der Waals surface area contributed by atoms with Crippen molar-refractivity contribution in [3.05, 3.63) is 22.3 Å². The summed E-state index contributed by atoms with van der Waals surface area (Å²) >= 11 is 3.31. The molecule has 6 heteroatoms. The van der Waals surface area contributed by atoms with Gasteiger partial charge in [-0.05, 0) is 32.8 Å². The van der Waals surface area contributed by atoms with E-state index in [2.05, 4.69) is 59.4 Å². The number of nitrogen functional groups attached to an aromatic ring is 1. The highest BCUT2D eigenvalue weighted by molar-refractivity contribution is 9.10. The Balaban J connectivity index is 2.20. The molecular formula is C13H19BrN4O. The van der Waals surface area contributed by atoms with Gasteiger partial charge in [-0.3, -0.25) is 4.79 Å². The summed E-state index contributed by atoms with van der Waals surface area (Å²) < 4.78 is 0.742. The molecule has 2 rings (SSSR count). The Morgan fingerprint density at radius 3 is 2.42 bits per heavy atom. The van der Waals surface area contributed by atoms with E-state index < -0.39 is 0 Å². The molecule has 5 nitrogen and oxygen atoms in total. The zero-order valence-corrected chi connectivity index (χ0v) is 13.1. The quantitative estimate of drug-likeness (QED) is 0.588. The summed E-state index contributed by atoms with van der Waals surface area (Å²) in [6.07, 6.45) is 1.59. The Morgan fingerprint density at radius 1 is 1.37 bits per heavy atom. The lowest BCUT2D eigenvalue weighted by molar-refractivity contribution is 0.0944. The van der Waals surface area contributed by atoms with Gasteiger partial charge >= 0.3 is 0 Å². The number of amides is 1. The minimum absolute atomic E-state index is 0.0956. The minimum Gasteiger partial charge on any atom is -0.348 e. The fourth-order valence-electron chi connectivity index (χ4n) is 2.49. The van der Waals surface area contributed by atoms with E-state index in [1.807, 2.05) is 0 Å². The summed E-state index contributed by atoms with van der Waals surface area (Å²) in [6, 6.07) is 1.86. The molecule has 4 N–H and O–H groups in total. The largest absolute Gasteiger partial charge is 0.348 e. The first-order valence-corrected chi connectivity index (χ1v) is 6.94. The first kappa shape index (κ1) is 14.3. The van der Waals surface area contributed by atoms with Crippen LogP contribution in [0.15, 0.2) is 16.7 Å². The third-order valence-corrected chi connectivity index (χ3v) is 4.97. The van der Waals surface area contributed by atoms with Gasteiger partial charge in [0, 0.05) is 16.7 Å². The van der Waals surface area contributed by atoms with Crippen molar-refractivity contribution >= 4 is 27.7 Å². The molecule has 1 aromatic heterocycles. The molecule has 1 aliphatic carbocycles. The summed E-state index contributed by atoms with van der Waals surface area (Å²) in [4.78, 5) is 16.4. The molecule has 0 aliphatic heterocycles. The molecule has 0 spiro atoms. The molecule has 1 fully saturated rings. The van der Waals surface area contributed by atoms with Crippen molar-refractivity contribution in [1.82, 2.24) is 10.3 Å². The number of anilines is 1. The van der Waals surface area contributed by atoms with Crippen LogP contribution in [0, 0.1) is 10.8 Å². The molecule has 1 heterocycles. The predicted molar refractivity (Wildman–Crippen MR) is 78.6 cm³/mol. The number of rotatable bonds is 3. The molecule has 104 valence electrons. The summed E-state index contributed by atoms with van der Waals surface area (Å²) in [5.74, 6) is 5.59. The Hall–Kier alpha value is -1.14. The Labute approximate surface area is 121 Å². The zero-order valence-electron chi connectivity index (χ0n) is 11.5. The van der Waals surface area contributed by atoms with Crippen LogP contribution >= 0.6 is 15.9 Å². The lowest BCUT2D eigenvalue weighted by Crippen LogP contribution is -2.31. The average molecular weight is 327 g/mol.